The Bertz CT molecular complexity index is 325. The topological polar surface area (TPSA) is 46.4 Å². The van der Waals surface area contributed by atoms with E-state index >= 15 is 0 Å². The van der Waals surface area contributed by atoms with Crippen LogP contribution in [0.5, 0.6) is 0 Å². The van der Waals surface area contributed by atoms with Crippen LogP contribution in [-0.2, 0) is 0 Å². The van der Waals surface area contributed by atoms with Crippen LogP contribution in [0, 0.1) is 10.1 Å². The van der Waals surface area contributed by atoms with Crippen molar-refractivity contribution in [3.63, 3.8) is 0 Å². The van der Waals surface area contributed by atoms with Crippen molar-refractivity contribution in [1.82, 2.24) is 4.90 Å². The van der Waals surface area contributed by atoms with Crippen LogP contribution in [0.2, 0.25) is 0 Å². The van der Waals surface area contributed by atoms with Crippen LogP contribution < -0.4 is 0 Å². The van der Waals surface area contributed by atoms with Crippen molar-refractivity contribution in [1.29, 1.82) is 0 Å². The number of nitro groups is 1. The minimum Gasteiger partial charge on any atom is -0.309 e. The van der Waals surface area contributed by atoms with Gasteiger partial charge in [-0.15, -0.1) is 11.8 Å². The molecule has 0 N–H and O–H groups in total. The fourth-order valence-electron chi connectivity index (χ4n) is 1.01. The highest BCUT2D eigenvalue weighted by Gasteiger charge is 2.03. The lowest BCUT2D eigenvalue weighted by Crippen LogP contribution is -2.14. The first-order valence-electron chi connectivity index (χ1n) is 4.61. The molecular formula is C10H14N2O2S. The highest BCUT2D eigenvalue weighted by Crippen LogP contribution is 2.20. The van der Waals surface area contributed by atoms with Gasteiger partial charge in [0.2, 0.25) is 0 Å². The van der Waals surface area contributed by atoms with Crippen LogP contribution in [0.1, 0.15) is 0 Å². The largest absolute Gasteiger partial charge is 0.309 e. The summed E-state index contributed by atoms with van der Waals surface area (Å²) < 4.78 is 0. The van der Waals surface area contributed by atoms with Crippen molar-refractivity contribution in [3.8, 4) is 0 Å². The Hall–Kier alpha value is -1.07. The van der Waals surface area contributed by atoms with Gasteiger partial charge in [0.05, 0.1) is 4.92 Å². The number of non-ortho nitro benzene ring substituents is 1. The maximum Gasteiger partial charge on any atom is 0.269 e. The lowest BCUT2D eigenvalue weighted by molar-refractivity contribution is -0.384. The van der Waals surface area contributed by atoms with Gasteiger partial charge in [-0.25, -0.2) is 0 Å². The summed E-state index contributed by atoms with van der Waals surface area (Å²) in [5.74, 6) is 0.991. The van der Waals surface area contributed by atoms with Gasteiger partial charge in [-0.1, -0.05) is 0 Å². The molecule has 0 heterocycles. The van der Waals surface area contributed by atoms with Gasteiger partial charge in [-0.05, 0) is 26.2 Å². The average Bonchev–Trinajstić information content (AvgIpc) is 2.18. The third-order valence-corrected chi connectivity index (χ3v) is 2.85. The second-order valence-corrected chi connectivity index (χ2v) is 4.57. The Morgan fingerprint density at radius 1 is 1.33 bits per heavy atom. The molecule has 0 aromatic heterocycles. The predicted octanol–water partition coefficient (Wildman–Crippen LogP) is 2.25. The lowest BCUT2D eigenvalue weighted by atomic mass is 10.3. The summed E-state index contributed by atoms with van der Waals surface area (Å²) in [5.41, 5.74) is 0.145. The van der Waals surface area contributed by atoms with Crippen LogP contribution >= 0.6 is 11.8 Å². The fourth-order valence-corrected chi connectivity index (χ4v) is 2.03. The Balaban J connectivity index is 2.46. The Morgan fingerprint density at radius 2 is 1.93 bits per heavy atom. The van der Waals surface area contributed by atoms with Crippen LogP contribution in [0.15, 0.2) is 29.2 Å². The van der Waals surface area contributed by atoms with Crippen molar-refractivity contribution in [2.45, 2.75) is 4.90 Å². The van der Waals surface area contributed by atoms with Crippen molar-refractivity contribution in [2.75, 3.05) is 26.4 Å². The zero-order chi connectivity index (χ0) is 11.3. The van der Waals surface area contributed by atoms with Crippen molar-refractivity contribution in [2.24, 2.45) is 0 Å². The zero-order valence-electron chi connectivity index (χ0n) is 8.84. The van der Waals surface area contributed by atoms with Crippen LogP contribution in [0.4, 0.5) is 5.69 Å². The summed E-state index contributed by atoms with van der Waals surface area (Å²) in [4.78, 5) is 13.2. The average molecular weight is 226 g/mol. The number of nitrogens with zero attached hydrogens (tertiary/aromatic N) is 2. The molecule has 5 heteroatoms. The number of hydrogen-bond acceptors (Lipinski definition) is 4. The standard InChI is InChI=1S/C10H14N2O2S/c1-11(2)7-8-15-10-5-3-9(4-6-10)12(13)14/h3-6H,7-8H2,1-2H3. The van der Waals surface area contributed by atoms with Crippen LogP contribution in [-0.4, -0.2) is 36.2 Å². The molecule has 0 fully saturated rings. The molecule has 82 valence electrons. The predicted molar refractivity (Wildman–Crippen MR) is 62.4 cm³/mol. The summed E-state index contributed by atoms with van der Waals surface area (Å²) in [6, 6.07) is 6.66. The van der Waals surface area contributed by atoms with Gasteiger partial charge in [0, 0.05) is 29.3 Å². The van der Waals surface area contributed by atoms with Gasteiger partial charge in [0.25, 0.3) is 5.69 Å². The first-order chi connectivity index (χ1) is 7.09. The lowest BCUT2D eigenvalue weighted by Gasteiger charge is -2.08. The van der Waals surface area contributed by atoms with E-state index in [-0.39, 0.29) is 10.6 Å². The summed E-state index contributed by atoms with van der Waals surface area (Å²) in [6.45, 7) is 1.00. The summed E-state index contributed by atoms with van der Waals surface area (Å²) >= 11 is 1.70. The SMILES string of the molecule is CN(C)CCSc1ccc([N+](=O)[O-])cc1. The van der Waals surface area contributed by atoms with Gasteiger partial charge in [-0.2, -0.15) is 0 Å². The molecule has 0 aliphatic carbocycles. The van der Waals surface area contributed by atoms with E-state index in [9.17, 15) is 10.1 Å². The van der Waals surface area contributed by atoms with E-state index < -0.39 is 0 Å². The van der Waals surface area contributed by atoms with Gasteiger partial charge < -0.3 is 4.90 Å². The Morgan fingerprint density at radius 3 is 2.40 bits per heavy atom. The quantitative estimate of drug-likeness (QED) is 0.439. The number of hydrogen-bond donors (Lipinski definition) is 0. The van der Waals surface area contributed by atoms with E-state index in [2.05, 4.69) is 4.90 Å². The fraction of sp³-hybridized carbons (Fsp3) is 0.400. The van der Waals surface area contributed by atoms with Crippen molar-refractivity contribution in [3.05, 3.63) is 34.4 Å². The molecule has 4 nitrogen and oxygen atoms in total. The molecule has 0 saturated heterocycles. The van der Waals surface area contributed by atoms with E-state index in [0.717, 1.165) is 17.2 Å². The minimum absolute atomic E-state index is 0.145. The molecule has 0 aliphatic rings. The first-order valence-corrected chi connectivity index (χ1v) is 5.60. The van der Waals surface area contributed by atoms with Gasteiger partial charge in [0.15, 0.2) is 0 Å². The molecule has 0 saturated carbocycles. The molecule has 1 aromatic rings. The third-order valence-electron chi connectivity index (χ3n) is 1.85. The van der Waals surface area contributed by atoms with E-state index in [4.69, 9.17) is 0 Å². The number of nitro benzene ring substituents is 1. The van der Waals surface area contributed by atoms with Crippen LogP contribution in [0.25, 0.3) is 0 Å². The maximum absolute atomic E-state index is 10.4. The van der Waals surface area contributed by atoms with E-state index in [1.54, 1.807) is 23.9 Å². The van der Waals surface area contributed by atoms with Gasteiger partial charge in [-0.3, -0.25) is 10.1 Å². The second-order valence-electron chi connectivity index (χ2n) is 3.40. The Labute approximate surface area is 93.4 Å². The molecule has 0 spiro atoms. The maximum atomic E-state index is 10.4. The monoisotopic (exact) mass is 226 g/mol. The smallest absolute Gasteiger partial charge is 0.269 e. The van der Waals surface area contributed by atoms with Crippen molar-refractivity contribution < 1.29 is 4.92 Å². The molecule has 0 bridgehead atoms. The number of thioether (sulfide) groups is 1. The molecule has 0 amide bonds. The molecule has 0 aliphatic heterocycles. The van der Waals surface area contributed by atoms with Gasteiger partial charge in [0.1, 0.15) is 0 Å². The third kappa shape index (κ3) is 4.31. The summed E-state index contributed by atoms with van der Waals surface area (Å²) in [7, 11) is 4.05. The molecular weight excluding hydrogens is 212 g/mol. The normalized spacial score (nSPS) is 10.6. The molecule has 1 rings (SSSR count). The highest BCUT2D eigenvalue weighted by atomic mass is 32.2. The highest BCUT2D eigenvalue weighted by molar-refractivity contribution is 7.99. The number of rotatable bonds is 5. The van der Waals surface area contributed by atoms with Crippen molar-refractivity contribution >= 4 is 17.4 Å². The molecule has 0 unspecified atom stereocenters. The molecule has 0 atom stereocenters. The Kier molecular flexibility index (Phi) is 4.58. The van der Waals surface area contributed by atoms with E-state index in [1.165, 1.54) is 12.1 Å². The van der Waals surface area contributed by atoms with E-state index in [0.29, 0.717) is 0 Å². The molecule has 0 radical (unpaired) electrons. The van der Waals surface area contributed by atoms with E-state index in [1.807, 2.05) is 14.1 Å². The zero-order valence-corrected chi connectivity index (χ0v) is 9.66. The first kappa shape index (κ1) is 12.0. The summed E-state index contributed by atoms with van der Waals surface area (Å²) in [5, 5.41) is 10.4. The summed E-state index contributed by atoms with van der Waals surface area (Å²) in [6.07, 6.45) is 0. The number of benzene rings is 1. The molecule has 1 aromatic carbocycles. The molecule has 15 heavy (non-hydrogen) atoms. The minimum atomic E-state index is -0.381. The second kappa shape index (κ2) is 5.72. The van der Waals surface area contributed by atoms with Gasteiger partial charge >= 0.3 is 0 Å². The van der Waals surface area contributed by atoms with Crippen LogP contribution in [0.3, 0.4) is 0 Å².